The average Bonchev–Trinajstić information content (AvgIpc) is 2.41. The summed E-state index contributed by atoms with van der Waals surface area (Å²) in [4.78, 5) is 0. The molecule has 2 aromatic rings. The number of hydrogen-bond acceptors (Lipinski definition) is 1. The van der Waals surface area contributed by atoms with Crippen LogP contribution in [0.3, 0.4) is 0 Å². The second-order valence-corrected chi connectivity index (χ2v) is 6.40. The maximum absolute atomic E-state index is 12.9. The Morgan fingerprint density at radius 1 is 1.11 bits per heavy atom. The lowest BCUT2D eigenvalue weighted by Crippen LogP contribution is -2.06. The molecule has 0 saturated carbocycles. The van der Waals surface area contributed by atoms with Crippen LogP contribution in [0, 0.1) is 12.7 Å². The molecule has 0 aliphatic rings. The van der Waals surface area contributed by atoms with Crippen LogP contribution < -0.4 is 0 Å². The van der Waals surface area contributed by atoms with Crippen molar-refractivity contribution in [3.63, 3.8) is 0 Å². The van der Waals surface area contributed by atoms with Crippen LogP contribution in [-0.2, 0) is 16.6 Å². The fraction of sp³-hybridized carbons (Fsp3) is 0.250. The zero-order valence-corrected chi connectivity index (χ0v) is 11.9. The minimum Gasteiger partial charge on any atom is -0.259 e. The Kier molecular flexibility index (Phi) is 4.48. The van der Waals surface area contributed by atoms with E-state index in [0.29, 0.717) is 5.75 Å². The lowest BCUT2D eigenvalue weighted by molar-refractivity contribution is 0.626. The first-order chi connectivity index (χ1) is 9.08. The maximum atomic E-state index is 12.9. The van der Waals surface area contributed by atoms with Gasteiger partial charge in [0.05, 0.1) is 5.25 Å². The molecule has 2 rings (SSSR count). The van der Waals surface area contributed by atoms with Gasteiger partial charge in [-0.15, -0.1) is 0 Å². The number of aryl methyl sites for hydroxylation is 1. The van der Waals surface area contributed by atoms with E-state index in [4.69, 9.17) is 0 Å². The van der Waals surface area contributed by atoms with Gasteiger partial charge in [0.2, 0.25) is 0 Å². The third kappa shape index (κ3) is 3.51. The van der Waals surface area contributed by atoms with E-state index in [1.807, 2.05) is 38.1 Å². The van der Waals surface area contributed by atoms with E-state index in [0.717, 1.165) is 16.7 Å². The second-order valence-electron chi connectivity index (χ2n) is 4.65. The Morgan fingerprint density at radius 3 is 2.37 bits per heavy atom. The van der Waals surface area contributed by atoms with Crippen molar-refractivity contribution in [2.75, 3.05) is 0 Å². The van der Waals surface area contributed by atoms with Gasteiger partial charge < -0.3 is 0 Å². The summed E-state index contributed by atoms with van der Waals surface area (Å²) >= 11 is 0. The summed E-state index contributed by atoms with van der Waals surface area (Å²) in [5.41, 5.74) is 3.17. The van der Waals surface area contributed by atoms with Crippen LogP contribution in [0.5, 0.6) is 0 Å². The van der Waals surface area contributed by atoms with E-state index < -0.39 is 10.8 Å². The van der Waals surface area contributed by atoms with Gasteiger partial charge in [-0.05, 0) is 42.7 Å². The molecule has 0 aliphatic heterocycles. The van der Waals surface area contributed by atoms with E-state index >= 15 is 0 Å². The van der Waals surface area contributed by atoms with Gasteiger partial charge in [0.15, 0.2) is 0 Å². The molecule has 1 nitrogen and oxygen atoms in total. The molecule has 0 N–H and O–H groups in total. The van der Waals surface area contributed by atoms with Crippen LogP contribution in [0.15, 0.2) is 48.5 Å². The van der Waals surface area contributed by atoms with Crippen LogP contribution in [0.2, 0.25) is 0 Å². The molecule has 0 heterocycles. The molecule has 0 saturated heterocycles. The SMILES string of the molecule is Cc1ccccc1CS(=O)C(C)c1ccc(F)cc1. The molecule has 0 aliphatic carbocycles. The topological polar surface area (TPSA) is 17.1 Å². The first-order valence-corrected chi connectivity index (χ1v) is 7.63. The van der Waals surface area contributed by atoms with Crippen molar-refractivity contribution < 1.29 is 8.60 Å². The molecule has 100 valence electrons. The van der Waals surface area contributed by atoms with Crippen molar-refractivity contribution in [2.24, 2.45) is 0 Å². The van der Waals surface area contributed by atoms with Gasteiger partial charge in [-0.3, -0.25) is 4.21 Å². The van der Waals surface area contributed by atoms with Crippen molar-refractivity contribution in [2.45, 2.75) is 24.9 Å². The van der Waals surface area contributed by atoms with Gasteiger partial charge in [-0.25, -0.2) is 4.39 Å². The molecular formula is C16H17FOS. The maximum Gasteiger partial charge on any atom is 0.123 e. The summed E-state index contributed by atoms with van der Waals surface area (Å²) in [6.45, 7) is 3.94. The van der Waals surface area contributed by atoms with Gasteiger partial charge in [0.1, 0.15) is 5.82 Å². The number of benzene rings is 2. The van der Waals surface area contributed by atoms with Crippen LogP contribution in [0.25, 0.3) is 0 Å². The zero-order chi connectivity index (χ0) is 13.8. The van der Waals surface area contributed by atoms with Gasteiger partial charge >= 0.3 is 0 Å². The fourth-order valence-corrected chi connectivity index (χ4v) is 3.28. The molecule has 3 heteroatoms. The van der Waals surface area contributed by atoms with Crippen molar-refractivity contribution in [3.05, 3.63) is 71.0 Å². The van der Waals surface area contributed by atoms with E-state index in [1.54, 1.807) is 12.1 Å². The lowest BCUT2D eigenvalue weighted by atomic mass is 10.1. The Balaban J connectivity index is 2.12. The van der Waals surface area contributed by atoms with Gasteiger partial charge in [-0.1, -0.05) is 36.4 Å². The molecule has 0 spiro atoms. The zero-order valence-electron chi connectivity index (χ0n) is 11.1. The minimum absolute atomic E-state index is 0.0970. The molecule has 2 aromatic carbocycles. The first kappa shape index (κ1) is 13.9. The quantitative estimate of drug-likeness (QED) is 0.820. The van der Waals surface area contributed by atoms with Gasteiger partial charge in [0, 0.05) is 16.6 Å². The molecule has 0 bridgehead atoms. The van der Waals surface area contributed by atoms with Gasteiger partial charge in [0.25, 0.3) is 0 Å². The summed E-state index contributed by atoms with van der Waals surface area (Å²) in [6.07, 6.45) is 0. The monoisotopic (exact) mass is 276 g/mol. The normalized spacial score (nSPS) is 14.1. The highest BCUT2D eigenvalue weighted by molar-refractivity contribution is 7.84. The van der Waals surface area contributed by atoms with E-state index in [1.165, 1.54) is 12.1 Å². The van der Waals surface area contributed by atoms with Crippen LogP contribution in [0.4, 0.5) is 4.39 Å². The predicted molar refractivity (Wildman–Crippen MR) is 77.8 cm³/mol. The number of hydrogen-bond donors (Lipinski definition) is 0. The molecule has 19 heavy (non-hydrogen) atoms. The lowest BCUT2D eigenvalue weighted by Gasteiger charge is -2.13. The highest BCUT2D eigenvalue weighted by atomic mass is 32.2. The van der Waals surface area contributed by atoms with E-state index in [2.05, 4.69) is 0 Å². The predicted octanol–water partition coefficient (Wildman–Crippen LogP) is 4.14. The smallest absolute Gasteiger partial charge is 0.123 e. The Labute approximate surface area is 115 Å². The van der Waals surface area contributed by atoms with Gasteiger partial charge in [-0.2, -0.15) is 0 Å². The highest BCUT2D eigenvalue weighted by Gasteiger charge is 2.14. The van der Waals surface area contributed by atoms with Crippen molar-refractivity contribution >= 4 is 10.8 Å². The Hall–Kier alpha value is -1.48. The van der Waals surface area contributed by atoms with Crippen LogP contribution >= 0.6 is 0 Å². The summed E-state index contributed by atoms with van der Waals surface area (Å²) in [6, 6.07) is 14.2. The Morgan fingerprint density at radius 2 is 1.74 bits per heavy atom. The summed E-state index contributed by atoms with van der Waals surface area (Å²) in [7, 11) is -1.01. The standard InChI is InChI=1S/C16H17FOS/c1-12-5-3-4-6-15(12)11-19(18)13(2)14-7-9-16(17)10-8-14/h3-10,13H,11H2,1-2H3. The summed E-state index contributed by atoms with van der Waals surface area (Å²) in [5.74, 6) is 0.270. The summed E-state index contributed by atoms with van der Waals surface area (Å²) < 4.78 is 25.2. The number of rotatable bonds is 4. The number of halogens is 1. The van der Waals surface area contributed by atoms with Crippen molar-refractivity contribution in [1.29, 1.82) is 0 Å². The average molecular weight is 276 g/mol. The second kappa shape index (κ2) is 6.11. The molecular weight excluding hydrogens is 259 g/mol. The molecule has 0 fully saturated rings. The highest BCUT2D eigenvalue weighted by Crippen LogP contribution is 2.23. The third-order valence-corrected chi connectivity index (χ3v) is 4.95. The van der Waals surface area contributed by atoms with E-state index in [9.17, 15) is 8.60 Å². The Bertz CT molecular complexity index is 578. The molecule has 0 radical (unpaired) electrons. The first-order valence-electron chi connectivity index (χ1n) is 6.25. The molecule has 2 atom stereocenters. The fourth-order valence-electron chi connectivity index (χ4n) is 1.94. The molecule has 0 aromatic heterocycles. The van der Waals surface area contributed by atoms with Crippen molar-refractivity contribution in [1.82, 2.24) is 0 Å². The third-order valence-electron chi connectivity index (χ3n) is 3.29. The van der Waals surface area contributed by atoms with Crippen LogP contribution in [0.1, 0.15) is 28.9 Å². The molecule has 2 unspecified atom stereocenters. The molecule has 0 amide bonds. The summed E-state index contributed by atoms with van der Waals surface area (Å²) in [5, 5.41) is -0.0970. The largest absolute Gasteiger partial charge is 0.259 e. The van der Waals surface area contributed by atoms with Crippen LogP contribution in [-0.4, -0.2) is 4.21 Å². The van der Waals surface area contributed by atoms with E-state index in [-0.39, 0.29) is 11.1 Å². The minimum atomic E-state index is -1.01. The van der Waals surface area contributed by atoms with Crippen molar-refractivity contribution in [3.8, 4) is 0 Å².